The van der Waals surface area contributed by atoms with Crippen LogP contribution in [-0.4, -0.2) is 46.1 Å². The van der Waals surface area contributed by atoms with E-state index in [9.17, 15) is 4.79 Å². The van der Waals surface area contributed by atoms with Crippen molar-refractivity contribution < 1.29 is 28.5 Å². The molecule has 5 heterocycles. The van der Waals surface area contributed by atoms with E-state index in [1.165, 1.54) is 18.4 Å². The summed E-state index contributed by atoms with van der Waals surface area (Å²) in [5, 5.41) is 0. The average molecular weight is 550 g/mol. The summed E-state index contributed by atoms with van der Waals surface area (Å²) in [4.78, 5) is 16.5. The number of epoxide rings is 1. The van der Waals surface area contributed by atoms with Crippen LogP contribution in [0.25, 0.3) is 0 Å². The summed E-state index contributed by atoms with van der Waals surface area (Å²) in [6, 6.07) is 3.91. The molecule has 8 rings (SSSR count). The maximum Gasteiger partial charge on any atom is 0.315 e. The summed E-state index contributed by atoms with van der Waals surface area (Å²) in [6.07, 6.45) is 11.9. The van der Waals surface area contributed by atoms with E-state index in [1.54, 1.807) is 12.4 Å². The number of esters is 1. The van der Waals surface area contributed by atoms with Crippen LogP contribution in [0.2, 0.25) is 0 Å². The van der Waals surface area contributed by atoms with Crippen molar-refractivity contribution in [3.63, 3.8) is 0 Å². The number of nitrogens with zero attached hydrogens (tertiary/aromatic N) is 1. The molecule has 2 saturated carbocycles. The topological polar surface area (TPSA) is 79.4 Å². The molecule has 1 spiro atoms. The highest BCUT2D eigenvalue weighted by Crippen LogP contribution is 2.68. The van der Waals surface area contributed by atoms with Crippen molar-refractivity contribution in [2.75, 3.05) is 0 Å². The van der Waals surface area contributed by atoms with Gasteiger partial charge in [-0.1, -0.05) is 32.4 Å². The molecule has 40 heavy (non-hydrogen) atoms. The van der Waals surface area contributed by atoms with Crippen LogP contribution >= 0.6 is 0 Å². The molecule has 0 amide bonds. The van der Waals surface area contributed by atoms with Crippen LogP contribution in [0.5, 0.6) is 0 Å². The Hall–Kier alpha value is -1.80. The van der Waals surface area contributed by atoms with Gasteiger partial charge < -0.3 is 23.7 Å². The summed E-state index contributed by atoms with van der Waals surface area (Å²) in [5.74, 6) is 0.771. The highest BCUT2D eigenvalue weighted by Gasteiger charge is 2.73. The lowest BCUT2D eigenvalue weighted by atomic mass is 9.53. The van der Waals surface area contributed by atoms with Crippen molar-refractivity contribution in [1.29, 1.82) is 0 Å². The smallest absolute Gasteiger partial charge is 0.315 e. The van der Waals surface area contributed by atoms with Gasteiger partial charge in [-0.2, -0.15) is 0 Å². The van der Waals surface area contributed by atoms with Crippen molar-refractivity contribution in [2.24, 2.45) is 35.0 Å². The minimum absolute atomic E-state index is 0.00283. The Kier molecular flexibility index (Phi) is 5.16. The summed E-state index contributed by atoms with van der Waals surface area (Å²) < 4.78 is 32.6. The zero-order valence-electron chi connectivity index (χ0n) is 24.6. The Labute approximate surface area is 237 Å². The third kappa shape index (κ3) is 3.16. The molecule has 7 heteroatoms. The molecule has 7 aliphatic rings. The maximum absolute atomic E-state index is 12.2. The highest BCUT2D eigenvalue weighted by molar-refractivity contribution is 5.73. The number of fused-ring (bicyclic) bond motifs is 8. The predicted molar refractivity (Wildman–Crippen MR) is 146 cm³/mol. The van der Waals surface area contributed by atoms with Gasteiger partial charge in [0.05, 0.1) is 23.4 Å². The molecule has 7 nitrogen and oxygen atoms in total. The normalized spacial score (nSPS) is 52.4. The molecule has 0 unspecified atom stereocenters. The standard InChI is InChI=1S/C33H43NO6/c1-18(24-16-31(6)29(3,4)39-33(37-24,40-31)20-8-7-15-34-17-20)22-9-10-23-26-21(11-13-30(22,23)5)19(2)32(28-27(26)36-28)14-12-25(35)38-32/h7-8,11,15,17-19,22-24,26-28H,9-10,12-14,16H2,1-6H3/t18-,19-,22+,23-,24+,26+,27-,28-,30+,31+,32+,33-/m0/s1. The van der Waals surface area contributed by atoms with E-state index in [2.05, 4.69) is 52.6 Å². The summed E-state index contributed by atoms with van der Waals surface area (Å²) >= 11 is 0. The van der Waals surface area contributed by atoms with Gasteiger partial charge in [-0.25, -0.2) is 0 Å². The lowest BCUT2D eigenvalue weighted by molar-refractivity contribution is -0.407. The van der Waals surface area contributed by atoms with Gasteiger partial charge in [-0.15, -0.1) is 0 Å². The average Bonchev–Trinajstić information content (AvgIpc) is 3.47. The first kappa shape index (κ1) is 25.9. The van der Waals surface area contributed by atoms with Crippen LogP contribution in [0.3, 0.4) is 0 Å². The minimum atomic E-state index is -1.23. The third-order valence-electron chi connectivity index (χ3n) is 12.9. The number of rotatable bonds is 3. The number of carbonyl (C=O) groups is 1. The fourth-order valence-electron chi connectivity index (χ4n) is 10.2. The summed E-state index contributed by atoms with van der Waals surface area (Å²) in [7, 11) is 0. The Bertz CT molecular complexity index is 1280. The number of aromatic nitrogens is 1. The van der Waals surface area contributed by atoms with Gasteiger partial charge in [0.25, 0.3) is 0 Å². The van der Waals surface area contributed by atoms with E-state index < -0.39 is 22.8 Å². The van der Waals surface area contributed by atoms with Crippen LogP contribution < -0.4 is 0 Å². The molecular formula is C33H43NO6. The summed E-state index contributed by atoms with van der Waals surface area (Å²) in [5.41, 5.74) is 1.06. The summed E-state index contributed by atoms with van der Waals surface area (Å²) in [6.45, 7) is 13.6. The van der Waals surface area contributed by atoms with E-state index in [0.29, 0.717) is 30.1 Å². The van der Waals surface area contributed by atoms with Crippen molar-refractivity contribution in [3.05, 3.63) is 41.7 Å². The number of hydrogen-bond donors (Lipinski definition) is 0. The van der Waals surface area contributed by atoms with Crippen LogP contribution in [0.1, 0.15) is 85.6 Å². The largest absolute Gasteiger partial charge is 0.456 e. The second-order valence-electron chi connectivity index (χ2n) is 14.9. The number of pyridine rings is 1. The molecule has 0 aromatic carbocycles. The molecule has 0 N–H and O–H groups in total. The first-order valence-electron chi connectivity index (χ1n) is 15.5. The maximum atomic E-state index is 12.2. The van der Waals surface area contributed by atoms with Crippen molar-refractivity contribution in [2.45, 2.75) is 121 Å². The number of hydrogen-bond acceptors (Lipinski definition) is 7. The van der Waals surface area contributed by atoms with Gasteiger partial charge in [0.2, 0.25) is 0 Å². The van der Waals surface area contributed by atoms with Gasteiger partial charge >= 0.3 is 11.9 Å². The quantitative estimate of drug-likeness (QED) is 0.273. The molecule has 3 aliphatic carbocycles. The molecular weight excluding hydrogens is 506 g/mol. The zero-order valence-corrected chi connectivity index (χ0v) is 24.6. The second kappa shape index (κ2) is 7.97. The number of ether oxygens (including phenoxy) is 5. The minimum Gasteiger partial charge on any atom is -0.456 e. The first-order chi connectivity index (χ1) is 18.9. The molecule has 1 aromatic rings. The van der Waals surface area contributed by atoms with E-state index in [-0.39, 0.29) is 35.6 Å². The van der Waals surface area contributed by atoms with Crippen molar-refractivity contribution in [1.82, 2.24) is 4.98 Å². The van der Waals surface area contributed by atoms with Gasteiger partial charge in [-0.05, 0) is 75.3 Å². The molecule has 12 atom stereocenters. The third-order valence-corrected chi connectivity index (χ3v) is 12.9. The molecule has 1 aromatic heterocycles. The van der Waals surface area contributed by atoms with Crippen LogP contribution in [0.15, 0.2) is 36.2 Å². The van der Waals surface area contributed by atoms with Gasteiger partial charge in [0.15, 0.2) is 0 Å². The van der Waals surface area contributed by atoms with Crippen LogP contribution in [0, 0.1) is 35.0 Å². The van der Waals surface area contributed by atoms with Crippen molar-refractivity contribution >= 4 is 5.97 Å². The van der Waals surface area contributed by atoms with E-state index in [1.807, 2.05) is 12.1 Å². The number of allylic oxidation sites excluding steroid dienone is 1. The molecule has 216 valence electrons. The van der Waals surface area contributed by atoms with Crippen molar-refractivity contribution in [3.8, 4) is 0 Å². The highest BCUT2D eigenvalue weighted by atomic mass is 16.9. The first-order valence-corrected chi connectivity index (χ1v) is 15.5. The van der Waals surface area contributed by atoms with Gasteiger partial charge in [-0.3, -0.25) is 9.78 Å². The van der Waals surface area contributed by atoms with Crippen LogP contribution in [-0.2, 0) is 34.5 Å². The van der Waals surface area contributed by atoms with Crippen LogP contribution in [0.4, 0.5) is 0 Å². The Morgan fingerprint density at radius 3 is 2.67 bits per heavy atom. The second-order valence-corrected chi connectivity index (χ2v) is 14.9. The van der Waals surface area contributed by atoms with E-state index in [4.69, 9.17) is 23.7 Å². The SMILES string of the molecule is C[C@@H]([C@H]1CC[C@H]2[C@H]3C(=CC[C@]12C)[C@H](C)[C@]1(CCC(=O)O1)[C@H]1O[C@@H]31)[C@H]1C[C@@]2(C)O[C@@](c3cccnc3)(O1)OC2(C)C. The Morgan fingerprint density at radius 2 is 1.95 bits per heavy atom. The lowest BCUT2D eigenvalue weighted by Gasteiger charge is -2.52. The lowest BCUT2D eigenvalue weighted by Crippen LogP contribution is -2.55. The molecule has 6 fully saturated rings. The van der Waals surface area contributed by atoms with Gasteiger partial charge in [0.1, 0.15) is 17.3 Å². The zero-order chi connectivity index (χ0) is 27.9. The molecule has 4 aliphatic heterocycles. The van der Waals surface area contributed by atoms with E-state index >= 15 is 0 Å². The fourth-order valence-corrected chi connectivity index (χ4v) is 10.2. The fraction of sp³-hybridized carbons (Fsp3) is 0.758. The van der Waals surface area contributed by atoms with Gasteiger partial charge in [0, 0.05) is 43.5 Å². The number of carbonyl (C=O) groups excluding carboxylic acids is 1. The molecule has 2 bridgehead atoms. The Balaban J connectivity index is 1.10. The Morgan fingerprint density at radius 1 is 1.12 bits per heavy atom. The molecule has 0 radical (unpaired) electrons. The monoisotopic (exact) mass is 549 g/mol. The van der Waals surface area contributed by atoms with E-state index in [0.717, 1.165) is 24.8 Å². The predicted octanol–water partition coefficient (Wildman–Crippen LogP) is 5.67. The molecule has 4 saturated heterocycles.